The van der Waals surface area contributed by atoms with E-state index in [4.69, 9.17) is 16.3 Å². The fourth-order valence-electron chi connectivity index (χ4n) is 2.15. The summed E-state index contributed by atoms with van der Waals surface area (Å²) in [7, 11) is 0. The SMILES string of the molecule is O=C(NCCc1csc(COc2cccnc2)n1)c1ccccc1Cl. The number of amides is 1. The number of halogens is 1. The number of pyridine rings is 1. The van der Waals surface area contributed by atoms with Crippen LogP contribution in [0, 0.1) is 0 Å². The molecule has 2 aromatic heterocycles. The van der Waals surface area contributed by atoms with Gasteiger partial charge in [-0.15, -0.1) is 11.3 Å². The number of hydrogen-bond donors (Lipinski definition) is 1. The molecule has 0 saturated carbocycles. The lowest BCUT2D eigenvalue weighted by Crippen LogP contribution is -2.26. The van der Waals surface area contributed by atoms with Gasteiger partial charge in [0.05, 0.1) is 22.5 Å². The van der Waals surface area contributed by atoms with Gasteiger partial charge in [0.1, 0.15) is 17.4 Å². The topological polar surface area (TPSA) is 64.1 Å². The zero-order chi connectivity index (χ0) is 17.5. The zero-order valence-electron chi connectivity index (χ0n) is 13.3. The predicted octanol–water partition coefficient (Wildman–Crippen LogP) is 3.74. The molecule has 0 radical (unpaired) electrons. The molecule has 2 heterocycles. The van der Waals surface area contributed by atoms with E-state index in [-0.39, 0.29) is 5.91 Å². The fourth-order valence-corrected chi connectivity index (χ4v) is 3.11. The summed E-state index contributed by atoms with van der Waals surface area (Å²) in [6.07, 6.45) is 4.02. The van der Waals surface area contributed by atoms with E-state index >= 15 is 0 Å². The maximum absolute atomic E-state index is 12.1. The summed E-state index contributed by atoms with van der Waals surface area (Å²) in [6.45, 7) is 0.902. The van der Waals surface area contributed by atoms with Crippen molar-refractivity contribution in [3.05, 3.63) is 75.5 Å². The number of ether oxygens (including phenoxy) is 1. The van der Waals surface area contributed by atoms with E-state index in [0.717, 1.165) is 10.7 Å². The van der Waals surface area contributed by atoms with Crippen molar-refractivity contribution in [2.24, 2.45) is 0 Å². The van der Waals surface area contributed by atoms with Gasteiger partial charge in [0.15, 0.2) is 0 Å². The molecular weight excluding hydrogens is 358 g/mol. The van der Waals surface area contributed by atoms with Gasteiger partial charge in [0.25, 0.3) is 5.91 Å². The first-order valence-electron chi connectivity index (χ1n) is 7.71. The van der Waals surface area contributed by atoms with Crippen molar-refractivity contribution in [2.45, 2.75) is 13.0 Å². The van der Waals surface area contributed by atoms with E-state index in [2.05, 4.69) is 15.3 Å². The second-order valence-electron chi connectivity index (χ2n) is 5.20. The molecule has 3 aromatic rings. The number of carbonyl (C=O) groups excluding carboxylic acids is 1. The molecule has 128 valence electrons. The van der Waals surface area contributed by atoms with Gasteiger partial charge in [-0.2, -0.15) is 0 Å². The average molecular weight is 374 g/mol. The van der Waals surface area contributed by atoms with Crippen molar-refractivity contribution in [3.63, 3.8) is 0 Å². The highest BCUT2D eigenvalue weighted by Crippen LogP contribution is 2.16. The maximum atomic E-state index is 12.1. The van der Waals surface area contributed by atoms with Gasteiger partial charge in [-0.1, -0.05) is 23.7 Å². The van der Waals surface area contributed by atoms with Crippen LogP contribution >= 0.6 is 22.9 Å². The largest absolute Gasteiger partial charge is 0.485 e. The Morgan fingerprint density at radius 3 is 2.92 bits per heavy atom. The molecule has 0 bridgehead atoms. The first-order chi connectivity index (χ1) is 12.2. The molecule has 0 saturated heterocycles. The summed E-state index contributed by atoms with van der Waals surface area (Å²) in [4.78, 5) is 20.6. The van der Waals surface area contributed by atoms with Crippen LogP contribution in [0.15, 0.2) is 54.2 Å². The lowest BCUT2D eigenvalue weighted by Gasteiger charge is -2.05. The molecule has 0 unspecified atom stereocenters. The number of aromatic nitrogens is 2. The Labute approximate surface area is 154 Å². The highest BCUT2D eigenvalue weighted by Gasteiger charge is 2.09. The Kier molecular flexibility index (Phi) is 5.98. The van der Waals surface area contributed by atoms with Gasteiger partial charge in [-0.25, -0.2) is 4.98 Å². The Bertz CT molecular complexity index is 839. The molecule has 0 fully saturated rings. The van der Waals surface area contributed by atoms with E-state index in [1.807, 2.05) is 17.5 Å². The third kappa shape index (κ3) is 5.01. The molecule has 5 nitrogen and oxygen atoms in total. The van der Waals surface area contributed by atoms with E-state index in [1.165, 1.54) is 11.3 Å². The van der Waals surface area contributed by atoms with Crippen LogP contribution in [0.5, 0.6) is 5.75 Å². The van der Waals surface area contributed by atoms with Crippen LogP contribution in [0.1, 0.15) is 21.1 Å². The summed E-state index contributed by atoms with van der Waals surface area (Å²) < 4.78 is 5.62. The summed E-state index contributed by atoms with van der Waals surface area (Å²) in [5.41, 5.74) is 1.40. The Morgan fingerprint density at radius 1 is 1.24 bits per heavy atom. The van der Waals surface area contributed by atoms with Gasteiger partial charge in [-0.05, 0) is 24.3 Å². The first kappa shape index (κ1) is 17.4. The Hall–Kier alpha value is -2.44. The second-order valence-corrected chi connectivity index (χ2v) is 6.55. The van der Waals surface area contributed by atoms with Crippen LogP contribution in [0.25, 0.3) is 0 Å². The van der Waals surface area contributed by atoms with Gasteiger partial charge < -0.3 is 10.1 Å². The van der Waals surface area contributed by atoms with E-state index in [0.29, 0.717) is 35.9 Å². The first-order valence-corrected chi connectivity index (χ1v) is 8.97. The van der Waals surface area contributed by atoms with Crippen LogP contribution in [-0.4, -0.2) is 22.4 Å². The van der Waals surface area contributed by atoms with Gasteiger partial charge in [0, 0.05) is 24.5 Å². The van der Waals surface area contributed by atoms with Crippen molar-refractivity contribution in [1.29, 1.82) is 0 Å². The second kappa shape index (κ2) is 8.60. The minimum atomic E-state index is -0.180. The fraction of sp³-hybridized carbons (Fsp3) is 0.167. The molecule has 0 atom stereocenters. The maximum Gasteiger partial charge on any atom is 0.252 e. The molecule has 25 heavy (non-hydrogen) atoms. The van der Waals surface area contributed by atoms with Gasteiger partial charge in [0.2, 0.25) is 0 Å². The van der Waals surface area contributed by atoms with Crippen molar-refractivity contribution in [2.75, 3.05) is 6.54 Å². The lowest BCUT2D eigenvalue weighted by atomic mass is 10.2. The van der Waals surface area contributed by atoms with E-state index < -0.39 is 0 Å². The molecule has 0 aliphatic carbocycles. The van der Waals surface area contributed by atoms with Crippen molar-refractivity contribution in [3.8, 4) is 5.75 Å². The standard InChI is InChI=1S/C18H16ClN3O2S/c19-16-6-2-1-5-15(16)18(23)21-9-7-13-12-25-17(22-13)11-24-14-4-3-8-20-10-14/h1-6,8,10,12H,7,9,11H2,(H,21,23). The smallest absolute Gasteiger partial charge is 0.252 e. The molecular formula is C18H16ClN3O2S. The number of benzene rings is 1. The number of carbonyl (C=O) groups is 1. The molecule has 1 amide bonds. The number of nitrogens with zero attached hydrogens (tertiary/aromatic N) is 2. The normalized spacial score (nSPS) is 10.4. The molecule has 3 rings (SSSR count). The van der Waals surface area contributed by atoms with Crippen molar-refractivity contribution < 1.29 is 9.53 Å². The van der Waals surface area contributed by atoms with Gasteiger partial charge >= 0.3 is 0 Å². The van der Waals surface area contributed by atoms with E-state index in [9.17, 15) is 4.79 Å². The highest BCUT2D eigenvalue weighted by atomic mass is 35.5. The number of thiazole rings is 1. The summed E-state index contributed by atoms with van der Waals surface area (Å²) in [5, 5.41) is 6.17. The lowest BCUT2D eigenvalue weighted by molar-refractivity contribution is 0.0954. The monoisotopic (exact) mass is 373 g/mol. The average Bonchev–Trinajstić information content (AvgIpc) is 3.09. The number of hydrogen-bond acceptors (Lipinski definition) is 5. The predicted molar refractivity (Wildman–Crippen MR) is 98.2 cm³/mol. The third-order valence-corrected chi connectivity index (χ3v) is 4.58. The molecule has 0 aliphatic rings. The van der Waals surface area contributed by atoms with Crippen LogP contribution in [0.4, 0.5) is 0 Å². The van der Waals surface area contributed by atoms with E-state index in [1.54, 1.807) is 36.7 Å². The third-order valence-electron chi connectivity index (χ3n) is 3.38. The molecule has 0 spiro atoms. The molecule has 7 heteroatoms. The summed E-state index contributed by atoms with van der Waals surface area (Å²) >= 11 is 7.55. The number of nitrogens with one attached hydrogen (secondary N) is 1. The van der Waals surface area contributed by atoms with Crippen LogP contribution in [-0.2, 0) is 13.0 Å². The molecule has 0 aliphatic heterocycles. The van der Waals surface area contributed by atoms with Crippen LogP contribution in [0.2, 0.25) is 5.02 Å². The van der Waals surface area contributed by atoms with Crippen molar-refractivity contribution in [1.82, 2.24) is 15.3 Å². The quantitative estimate of drug-likeness (QED) is 0.685. The van der Waals surface area contributed by atoms with Gasteiger partial charge in [-0.3, -0.25) is 9.78 Å². The molecule has 1 aromatic carbocycles. The summed E-state index contributed by atoms with van der Waals surface area (Å²) in [6, 6.07) is 10.7. The van der Waals surface area contributed by atoms with Crippen molar-refractivity contribution >= 4 is 28.8 Å². The Balaban J connectivity index is 1.46. The molecule has 1 N–H and O–H groups in total. The summed E-state index contributed by atoms with van der Waals surface area (Å²) in [5.74, 6) is 0.534. The minimum absolute atomic E-state index is 0.180. The Morgan fingerprint density at radius 2 is 2.12 bits per heavy atom. The number of rotatable bonds is 7. The minimum Gasteiger partial charge on any atom is -0.485 e. The van der Waals surface area contributed by atoms with Crippen LogP contribution in [0.3, 0.4) is 0 Å². The zero-order valence-corrected chi connectivity index (χ0v) is 14.9. The van der Waals surface area contributed by atoms with Crippen LogP contribution < -0.4 is 10.1 Å². The highest BCUT2D eigenvalue weighted by molar-refractivity contribution is 7.09.